The van der Waals surface area contributed by atoms with Crippen molar-refractivity contribution in [3.05, 3.63) is 12.2 Å². The monoisotopic (exact) mass is 212 g/mol. The molecule has 0 aromatic heterocycles. The van der Waals surface area contributed by atoms with Gasteiger partial charge in [0.1, 0.15) is 5.60 Å². The molecule has 1 aliphatic rings. The molecule has 1 heterocycles. The van der Waals surface area contributed by atoms with Crippen LogP contribution in [0.5, 0.6) is 0 Å². The Hall–Kier alpha value is -1.52. The van der Waals surface area contributed by atoms with Gasteiger partial charge in [0.25, 0.3) is 0 Å². The summed E-state index contributed by atoms with van der Waals surface area (Å²) in [5, 5.41) is 10.7. The molecule has 84 valence electrons. The topological polar surface area (TPSA) is 69.7 Å². The van der Waals surface area contributed by atoms with Crippen molar-refractivity contribution < 1.29 is 19.4 Å². The maximum atomic E-state index is 11.5. The molecule has 1 amide bonds. The van der Waals surface area contributed by atoms with Crippen molar-refractivity contribution in [2.24, 2.45) is 0 Å². The molecule has 1 unspecified atom stereocenters. The Morgan fingerprint density at radius 1 is 1.47 bits per heavy atom. The number of carbonyl (C=O) groups is 2. The molecule has 5 nitrogen and oxygen atoms in total. The molecule has 0 N–H and O–H groups in total. The van der Waals surface area contributed by atoms with Gasteiger partial charge < -0.3 is 14.6 Å². The summed E-state index contributed by atoms with van der Waals surface area (Å²) in [4.78, 5) is 23.3. The van der Waals surface area contributed by atoms with E-state index < -0.39 is 23.7 Å². The zero-order valence-corrected chi connectivity index (χ0v) is 9.02. The molecule has 1 aliphatic heterocycles. The maximum Gasteiger partial charge on any atom is 0.411 e. The van der Waals surface area contributed by atoms with Crippen molar-refractivity contribution in [2.75, 3.05) is 6.54 Å². The van der Waals surface area contributed by atoms with Crippen LogP contribution in [0.25, 0.3) is 0 Å². The van der Waals surface area contributed by atoms with Crippen molar-refractivity contribution >= 4 is 12.1 Å². The summed E-state index contributed by atoms with van der Waals surface area (Å²) in [6.45, 7) is 5.42. The summed E-state index contributed by atoms with van der Waals surface area (Å²) >= 11 is 0. The highest BCUT2D eigenvalue weighted by atomic mass is 16.6. The van der Waals surface area contributed by atoms with Crippen molar-refractivity contribution in [2.45, 2.75) is 32.4 Å². The molecule has 0 aromatic rings. The van der Waals surface area contributed by atoms with Crippen LogP contribution in [0.15, 0.2) is 12.2 Å². The smallest absolute Gasteiger partial charge is 0.411 e. The summed E-state index contributed by atoms with van der Waals surface area (Å²) in [5.41, 5.74) is -0.629. The number of aliphatic carboxylic acids is 1. The number of amides is 1. The molecular formula is C10H14NO4-. The van der Waals surface area contributed by atoms with Gasteiger partial charge in [0.2, 0.25) is 0 Å². The van der Waals surface area contributed by atoms with E-state index in [0.717, 1.165) is 4.90 Å². The van der Waals surface area contributed by atoms with Crippen LogP contribution in [0.4, 0.5) is 4.79 Å². The van der Waals surface area contributed by atoms with E-state index in [1.165, 1.54) is 6.08 Å². The Morgan fingerprint density at radius 2 is 2.07 bits per heavy atom. The first-order valence-electron chi connectivity index (χ1n) is 4.68. The van der Waals surface area contributed by atoms with Crippen LogP contribution in [0.3, 0.4) is 0 Å². The van der Waals surface area contributed by atoms with Crippen LogP contribution in [0, 0.1) is 0 Å². The highest BCUT2D eigenvalue weighted by Crippen LogP contribution is 2.15. The van der Waals surface area contributed by atoms with Gasteiger partial charge in [-0.1, -0.05) is 12.2 Å². The Labute approximate surface area is 88.3 Å². The summed E-state index contributed by atoms with van der Waals surface area (Å²) in [6.07, 6.45) is 2.38. The average molecular weight is 212 g/mol. The van der Waals surface area contributed by atoms with Gasteiger partial charge in [0.05, 0.1) is 12.0 Å². The lowest BCUT2D eigenvalue weighted by atomic mass is 10.2. The molecule has 5 heteroatoms. The Kier molecular flexibility index (Phi) is 3.02. The number of carboxylic acids is 1. The molecule has 1 rings (SSSR count). The molecule has 0 saturated heterocycles. The Morgan fingerprint density at radius 3 is 2.53 bits per heavy atom. The molecule has 0 saturated carbocycles. The maximum absolute atomic E-state index is 11.5. The standard InChI is InChI=1S/C10H15NO4/c1-10(2,3)15-9(14)11-6-4-5-7(11)8(12)13/h4-5,7H,6H2,1-3H3,(H,12,13)/p-1. The highest BCUT2D eigenvalue weighted by Gasteiger charge is 2.29. The fourth-order valence-corrected chi connectivity index (χ4v) is 1.24. The van der Waals surface area contributed by atoms with Crippen LogP contribution >= 0.6 is 0 Å². The minimum atomic E-state index is -1.30. The van der Waals surface area contributed by atoms with Gasteiger partial charge in [-0.15, -0.1) is 0 Å². The quantitative estimate of drug-likeness (QED) is 0.570. The predicted octanol–water partition coefficient (Wildman–Crippen LogP) is -0.0882. The van der Waals surface area contributed by atoms with Gasteiger partial charge in [-0.05, 0) is 20.8 Å². The molecule has 0 radical (unpaired) electrons. The Bertz CT molecular complexity index is 303. The third-order valence-electron chi connectivity index (χ3n) is 1.83. The van der Waals surface area contributed by atoms with Crippen molar-refractivity contribution in [3.63, 3.8) is 0 Å². The number of hydrogen-bond acceptors (Lipinski definition) is 4. The van der Waals surface area contributed by atoms with Gasteiger partial charge >= 0.3 is 6.09 Å². The number of nitrogens with zero attached hydrogens (tertiary/aromatic N) is 1. The Balaban J connectivity index is 2.65. The fraction of sp³-hybridized carbons (Fsp3) is 0.600. The second-order valence-corrected chi connectivity index (χ2v) is 4.32. The van der Waals surface area contributed by atoms with E-state index in [1.807, 2.05) is 0 Å². The molecule has 0 spiro atoms. The van der Waals surface area contributed by atoms with E-state index in [-0.39, 0.29) is 6.54 Å². The normalized spacial score (nSPS) is 20.5. The largest absolute Gasteiger partial charge is 0.548 e. The lowest BCUT2D eigenvalue weighted by Crippen LogP contribution is -2.48. The number of rotatable bonds is 1. The second-order valence-electron chi connectivity index (χ2n) is 4.32. The summed E-state index contributed by atoms with van der Waals surface area (Å²) < 4.78 is 5.06. The van der Waals surface area contributed by atoms with Gasteiger partial charge in [-0.25, -0.2) is 4.79 Å². The fourth-order valence-electron chi connectivity index (χ4n) is 1.24. The van der Waals surface area contributed by atoms with Gasteiger partial charge in [-0.2, -0.15) is 0 Å². The molecule has 0 fully saturated rings. The van der Waals surface area contributed by atoms with Crippen molar-refractivity contribution in [1.29, 1.82) is 0 Å². The molecular weight excluding hydrogens is 198 g/mol. The van der Waals surface area contributed by atoms with E-state index >= 15 is 0 Å². The molecule has 0 aliphatic carbocycles. The third kappa shape index (κ3) is 2.97. The van der Waals surface area contributed by atoms with Crippen molar-refractivity contribution in [3.8, 4) is 0 Å². The van der Waals surface area contributed by atoms with E-state index in [0.29, 0.717) is 0 Å². The van der Waals surface area contributed by atoms with E-state index in [2.05, 4.69) is 0 Å². The van der Waals surface area contributed by atoms with E-state index in [1.54, 1.807) is 26.8 Å². The molecule has 1 atom stereocenters. The third-order valence-corrected chi connectivity index (χ3v) is 1.83. The van der Waals surface area contributed by atoms with Crippen LogP contribution in [-0.2, 0) is 9.53 Å². The van der Waals surface area contributed by atoms with Crippen LogP contribution in [0.1, 0.15) is 20.8 Å². The number of ether oxygens (including phenoxy) is 1. The predicted molar refractivity (Wildman–Crippen MR) is 50.9 cm³/mol. The van der Waals surface area contributed by atoms with Gasteiger partial charge in [-0.3, -0.25) is 4.90 Å². The summed E-state index contributed by atoms with van der Waals surface area (Å²) in [7, 11) is 0. The SMILES string of the molecule is CC(C)(C)OC(=O)N1CC=CC1C(=O)[O-]. The molecule has 0 bridgehead atoms. The second kappa shape index (κ2) is 3.92. The minimum Gasteiger partial charge on any atom is -0.548 e. The van der Waals surface area contributed by atoms with Crippen LogP contribution < -0.4 is 5.11 Å². The first-order chi connectivity index (χ1) is 6.81. The van der Waals surface area contributed by atoms with Crippen LogP contribution in [-0.4, -0.2) is 35.2 Å². The summed E-state index contributed by atoms with van der Waals surface area (Å²) in [6, 6.07) is -1.01. The highest BCUT2D eigenvalue weighted by molar-refractivity contribution is 5.81. The lowest BCUT2D eigenvalue weighted by Gasteiger charge is -2.28. The van der Waals surface area contributed by atoms with E-state index in [9.17, 15) is 14.7 Å². The average Bonchev–Trinajstić information content (AvgIpc) is 2.47. The lowest BCUT2D eigenvalue weighted by molar-refractivity contribution is -0.309. The van der Waals surface area contributed by atoms with Crippen LogP contribution in [0.2, 0.25) is 0 Å². The number of hydrogen-bond donors (Lipinski definition) is 0. The molecule has 15 heavy (non-hydrogen) atoms. The van der Waals surface area contributed by atoms with Gasteiger partial charge in [0.15, 0.2) is 0 Å². The first kappa shape index (κ1) is 11.6. The molecule has 0 aromatic carbocycles. The number of carbonyl (C=O) groups excluding carboxylic acids is 2. The zero-order valence-electron chi connectivity index (χ0n) is 9.02. The summed E-state index contributed by atoms with van der Waals surface area (Å²) in [5.74, 6) is -1.30. The first-order valence-corrected chi connectivity index (χ1v) is 4.68. The minimum absolute atomic E-state index is 0.244. The number of carboxylic acid groups (broad SMARTS) is 1. The zero-order chi connectivity index (χ0) is 11.6. The van der Waals surface area contributed by atoms with Gasteiger partial charge in [0, 0.05) is 6.54 Å². The van der Waals surface area contributed by atoms with E-state index in [4.69, 9.17) is 4.74 Å². The van der Waals surface area contributed by atoms with Crippen molar-refractivity contribution in [1.82, 2.24) is 4.90 Å².